The molecular formula is C13H16F2N2O2. The Bertz CT molecular complexity index is 480. The lowest BCUT2D eigenvalue weighted by molar-refractivity contribution is 0.167. The Hall–Kier alpha value is -1.85. The lowest BCUT2D eigenvalue weighted by Crippen LogP contribution is -2.22. The Morgan fingerprint density at radius 1 is 1.47 bits per heavy atom. The molecule has 0 saturated carbocycles. The third kappa shape index (κ3) is 3.56. The summed E-state index contributed by atoms with van der Waals surface area (Å²) in [5.74, 6) is -1.50. The summed E-state index contributed by atoms with van der Waals surface area (Å²) in [6.07, 6.45) is 1.20. The van der Waals surface area contributed by atoms with Gasteiger partial charge in [-0.15, -0.1) is 0 Å². The van der Waals surface area contributed by atoms with E-state index in [0.717, 1.165) is 18.6 Å². The van der Waals surface area contributed by atoms with Gasteiger partial charge in [-0.25, -0.2) is 13.8 Å². The van der Waals surface area contributed by atoms with Gasteiger partial charge in [0.2, 0.25) is 0 Å². The summed E-state index contributed by atoms with van der Waals surface area (Å²) in [6.45, 7) is 2.39. The molecule has 104 valence electrons. The normalized spacial score (nSPS) is 19.7. The van der Waals surface area contributed by atoms with Crippen molar-refractivity contribution in [2.24, 2.45) is 10.7 Å². The fourth-order valence-corrected chi connectivity index (χ4v) is 1.90. The maximum atomic E-state index is 13.1. The van der Waals surface area contributed by atoms with Crippen LogP contribution in [0.1, 0.15) is 19.8 Å². The van der Waals surface area contributed by atoms with Crippen LogP contribution in [0.25, 0.3) is 0 Å². The zero-order valence-electron chi connectivity index (χ0n) is 10.6. The van der Waals surface area contributed by atoms with Crippen molar-refractivity contribution in [1.29, 1.82) is 0 Å². The van der Waals surface area contributed by atoms with E-state index in [-0.39, 0.29) is 18.2 Å². The lowest BCUT2D eigenvalue weighted by atomic mass is 10.1. The van der Waals surface area contributed by atoms with Gasteiger partial charge in [-0.2, -0.15) is 0 Å². The van der Waals surface area contributed by atoms with Crippen LogP contribution in [0.15, 0.2) is 23.2 Å². The fourth-order valence-electron chi connectivity index (χ4n) is 1.90. The minimum atomic E-state index is -0.918. The van der Waals surface area contributed by atoms with Crippen molar-refractivity contribution < 1.29 is 18.3 Å². The van der Waals surface area contributed by atoms with Gasteiger partial charge in [-0.1, -0.05) is 6.92 Å². The van der Waals surface area contributed by atoms with E-state index < -0.39 is 11.6 Å². The van der Waals surface area contributed by atoms with Crippen LogP contribution in [0.5, 0.6) is 5.75 Å². The molecule has 0 spiro atoms. The molecular weight excluding hydrogens is 254 g/mol. The van der Waals surface area contributed by atoms with Crippen molar-refractivity contribution in [3.8, 4) is 5.75 Å². The van der Waals surface area contributed by atoms with E-state index in [9.17, 15) is 8.78 Å². The molecule has 0 radical (unpaired) electrons. The zero-order valence-corrected chi connectivity index (χ0v) is 10.6. The van der Waals surface area contributed by atoms with Crippen LogP contribution in [-0.4, -0.2) is 24.8 Å². The van der Waals surface area contributed by atoms with Crippen LogP contribution in [0.4, 0.5) is 8.78 Å². The number of nitrogens with zero attached hydrogens (tertiary/aromatic N) is 1. The summed E-state index contributed by atoms with van der Waals surface area (Å²) in [6, 6.07) is 3.64. The molecule has 0 aliphatic carbocycles. The second-order valence-electron chi connectivity index (χ2n) is 4.39. The molecule has 2 atom stereocenters. The Balaban J connectivity index is 1.96. The largest absolute Gasteiger partial charge is 0.490 e. The molecule has 0 aromatic heterocycles. The molecule has 0 amide bonds. The van der Waals surface area contributed by atoms with Gasteiger partial charge in [0.1, 0.15) is 18.5 Å². The first kappa shape index (κ1) is 13.6. The molecule has 0 bridgehead atoms. The van der Waals surface area contributed by atoms with Crippen molar-refractivity contribution in [1.82, 2.24) is 0 Å². The molecule has 1 aliphatic heterocycles. The SMILES string of the molecule is CC[C@H](C[C@H]1COC(N)=N1)Oc1ccc(F)c(F)c1. The predicted octanol–water partition coefficient (Wildman–Crippen LogP) is 2.23. The quantitative estimate of drug-likeness (QED) is 0.892. The molecule has 2 N–H and O–H groups in total. The van der Waals surface area contributed by atoms with E-state index in [4.69, 9.17) is 15.2 Å². The van der Waals surface area contributed by atoms with E-state index in [1.807, 2.05) is 6.92 Å². The summed E-state index contributed by atoms with van der Waals surface area (Å²) in [5.41, 5.74) is 5.43. The standard InChI is InChI=1S/C13H16F2N2O2/c1-2-9(5-8-7-18-13(16)17-8)19-10-3-4-11(14)12(15)6-10/h3-4,6,8-9H,2,5,7H2,1H3,(H2,16,17)/t8-,9+/m0/s1. The van der Waals surface area contributed by atoms with Crippen LogP contribution in [0.2, 0.25) is 0 Å². The number of hydrogen-bond donors (Lipinski definition) is 1. The molecule has 4 nitrogen and oxygen atoms in total. The number of amidine groups is 1. The monoisotopic (exact) mass is 270 g/mol. The third-order valence-electron chi connectivity index (χ3n) is 2.92. The maximum absolute atomic E-state index is 13.1. The van der Waals surface area contributed by atoms with Crippen LogP contribution in [-0.2, 0) is 4.74 Å². The van der Waals surface area contributed by atoms with Gasteiger partial charge >= 0.3 is 0 Å². The highest BCUT2D eigenvalue weighted by Crippen LogP contribution is 2.20. The fraction of sp³-hybridized carbons (Fsp3) is 0.462. The molecule has 2 rings (SSSR count). The highest BCUT2D eigenvalue weighted by atomic mass is 19.2. The first-order valence-corrected chi connectivity index (χ1v) is 6.16. The molecule has 0 saturated heterocycles. The van der Waals surface area contributed by atoms with Gasteiger partial charge in [-0.3, -0.25) is 0 Å². The van der Waals surface area contributed by atoms with Crippen molar-refractivity contribution in [3.63, 3.8) is 0 Å². The molecule has 0 unspecified atom stereocenters. The first-order chi connectivity index (χ1) is 9.08. The van der Waals surface area contributed by atoms with Crippen molar-refractivity contribution in [2.45, 2.75) is 31.9 Å². The number of ether oxygens (including phenoxy) is 2. The van der Waals surface area contributed by atoms with Gasteiger partial charge < -0.3 is 15.2 Å². The van der Waals surface area contributed by atoms with E-state index in [1.165, 1.54) is 6.07 Å². The first-order valence-electron chi connectivity index (χ1n) is 6.16. The molecule has 1 aromatic rings. The predicted molar refractivity (Wildman–Crippen MR) is 67.0 cm³/mol. The van der Waals surface area contributed by atoms with Gasteiger partial charge in [0, 0.05) is 12.5 Å². The van der Waals surface area contributed by atoms with Gasteiger partial charge in [0.25, 0.3) is 6.02 Å². The molecule has 0 fully saturated rings. The van der Waals surface area contributed by atoms with Gasteiger partial charge in [0.15, 0.2) is 11.6 Å². The lowest BCUT2D eigenvalue weighted by Gasteiger charge is -2.19. The van der Waals surface area contributed by atoms with E-state index in [0.29, 0.717) is 18.8 Å². The van der Waals surface area contributed by atoms with Gasteiger partial charge in [-0.05, 0) is 18.6 Å². The second kappa shape index (κ2) is 5.86. The number of aliphatic imine (C=N–C) groups is 1. The minimum Gasteiger partial charge on any atom is -0.490 e. The summed E-state index contributed by atoms with van der Waals surface area (Å²) in [7, 11) is 0. The van der Waals surface area contributed by atoms with Crippen LogP contribution < -0.4 is 10.5 Å². The molecule has 19 heavy (non-hydrogen) atoms. The maximum Gasteiger partial charge on any atom is 0.282 e. The number of nitrogens with two attached hydrogens (primary N) is 1. The van der Waals surface area contributed by atoms with Crippen molar-refractivity contribution in [3.05, 3.63) is 29.8 Å². The zero-order chi connectivity index (χ0) is 13.8. The van der Waals surface area contributed by atoms with E-state index in [1.54, 1.807) is 0 Å². The number of halogens is 2. The smallest absolute Gasteiger partial charge is 0.282 e. The number of rotatable bonds is 5. The second-order valence-corrected chi connectivity index (χ2v) is 4.39. The Labute approximate surface area is 110 Å². The van der Waals surface area contributed by atoms with Crippen LogP contribution >= 0.6 is 0 Å². The molecule has 6 heteroatoms. The molecule has 1 heterocycles. The summed E-state index contributed by atoms with van der Waals surface area (Å²) in [4.78, 5) is 4.11. The highest BCUT2D eigenvalue weighted by Gasteiger charge is 2.22. The summed E-state index contributed by atoms with van der Waals surface area (Å²) < 4.78 is 36.6. The average molecular weight is 270 g/mol. The van der Waals surface area contributed by atoms with Crippen LogP contribution in [0, 0.1) is 11.6 Å². The number of hydrogen-bond acceptors (Lipinski definition) is 4. The molecule has 1 aliphatic rings. The van der Waals surface area contributed by atoms with Crippen molar-refractivity contribution in [2.75, 3.05) is 6.61 Å². The Kier molecular flexibility index (Phi) is 4.19. The summed E-state index contributed by atoms with van der Waals surface area (Å²) >= 11 is 0. The Morgan fingerprint density at radius 3 is 2.84 bits per heavy atom. The number of benzene rings is 1. The van der Waals surface area contributed by atoms with E-state index >= 15 is 0 Å². The third-order valence-corrected chi connectivity index (χ3v) is 2.92. The van der Waals surface area contributed by atoms with Crippen molar-refractivity contribution >= 4 is 6.02 Å². The van der Waals surface area contributed by atoms with Gasteiger partial charge in [0.05, 0.1) is 6.04 Å². The minimum absolute atomic E-state index is 0.0461. The van der Waals surface area contributed by atoms with E-state index in [2.05, 4.69) is 4.99 Å². The van der Waals surface area contributed by atoms with Crippen LogP contribution in [0.3, 0.4) is 0 Å². The molecule has 1 aromatic carbocycles. The average Bonchev–Trinajstić information content (AvgIpc) is 2.78. The summed E-state index contributed by atoms with van der Waals surface area (Å²) in [5, 5.41) is 0. The Morgan fingerprint density at radius 2 is 2.26 bits per heavy atom. The highest BCUT2D eigenvalue weighted by molar-refractivity contribution is 5.73. The topological polar surface area (TPSA) is 56.8 Å².